The molecule has 0 atom stereocenters. The molecule has 0 spiro atoms. The summed E-state index contributed by atoms with van der Waals surface area (Å²) >= 11 is 0. The Kier molecular flexibility index (Phi) is 3.75. The molecule has 18 heavy (non-hydrogen) atoms. The Balaban J connectivity index is 3.13. The number of nitrogens with one attached hydrogen (secondary N) is 2. The Labute approximate surface area is 105 Å². The van der Waals surface area contributed by atoms with Gasteiger partial charge in [-0.2, -0.15) is 0 Å². The lowest BCUT2D eigenvalue weighted by Gasteiger charge is -2.23. The van der Waals surface area contributed by atoms with Gasteiger partial charge >= 0.3 is 0 Å². The number of nitro groups is 1. The van der Waals surface area contributed by atoms with Crippen molar-refractivity contribution >= 4 is 23.0 Å². The van der Waals surface area contributed by atoms with Crippen molar-refractivity contribution in [2.24, 2.45) is 5.73 Å². The van der Waals surface area contributed by atoms with E-state index < -0.39 is 16.4 Å². The molecule has 1 aromatic rings. The van der Waals surface area contributed by atoms with Gasteiger partial charge in [-0.05, 0) is 19.9 Å². The quantitative estimate of drug-likeness (QED) is 0.540. The van der Waals surface area contributed by atoms with E-state index in [1.54, 1.807) is 27.0 Å². The summed E-state index contributed by atoms with van der Waals surface area (Å²) in [6.45, 7) is 3.21. The van der Waals surface area contributed by atoms with Crippen molar-refractivity contribution in [2.75, 3.05) is 17.7 Å². The van der Waals surface area contributed by atoms with E-state index in [4.69, 9.17) is 5.73 Å². The largest absolute Gasteiger partial charge is 0.388 e. The van der Waals surface area contributed by atoms with Gasteiger partial charge in [-0.25, -0.2) is 0 Å². The van der Waals surface area contributed by atoms with Crippen molar-refractivity contribution in [1.29, 1.82) is 0 Å². The monoisotopic (exact) mass is 252 g/mol. The molecule has 1 amide bonds. The van der Waals surface area contributed by atoms with Gasteiger partial charge in [-0.15, -0.1) is 0 Å². The number of amides is 1. The van der Waals surface area contributed by atoms with Crippen molar-refractivity contribution in [3.8, 4) is 0 Å². The normalized spacial score (nSPS) is 10.8. The molecule has 0 radical (unpaired) electrons. The number of nitrogens with two attached hydrogens (primary N) is 1. The second kappa shape index (κ2) is 4.91. The predicted molar refractivity (Wildman–Crippen MR) is 69.5 cm³/mol. The van der Waals surface area contributed by atoms with Crippen LogP contribution in [0.25, 0.3) is 0 Å². The first-order valence-electron chi connectivity index (χ1n) is 5.31. The molecular formula is C11H16N4O3. The standard InChI is InChI=1S/C11H16N4O3/c1-11(2,10(12)16)14-8-4-7(13-3)5-9(6-8)15(17)18/h4-6,13-14H,1-3H3,(H2,12,16). The van der Waals surface area contributed by atoms with E-state index in [0.29, 0.717) is 11.4 Å². The molecule has 0 fully saturated rings. The number of anilines is 2. The number of carbonyl (C=O) groups excluding carboxylic acids is 1. The number of carbonyl (C=O) groups is 1. The Bertz CT molecular complexity index is 485. The average Bonchev–Trinajstić information content (AvgIpc) is 2.27. The van der Waals surface area contributed by atoms with Gasteiger partial charge in [0.15, 0.2) is 0 Å². The number of non-ortho nitro benzene ring substituents is 1. The number of benzene rings is 1. The SMILES string of the molecule is CNc1cc(NC(C)(C)C(N)=O)cc([N+](=O)[O-])c1. The molecule has 0 saturated heterocycles. The van der Waals surface area contributed by atoms with Crippen molar-refractivity contribution < 1.29 is 9.72 Å². The molecule has 0 aromatic heterocycles. The molecule has 1 aromatic carbocycles. The Hall–Kier alpha value is -2.31. The van der Waals surface area contributed by atoms with Crippen LogP contribution in [0.4, 0.5) is 17.1 Å². The fourth-order valence-corrected chi connectivity index (χ4v) is 1.36. The van der Waals surface area contributed by atoms with Crippen molar-refractivity contribution in [3.05, 3.63) is 28.3 Å². The van der Waals surface area contributed by atoms with Crippen LogP contribution in [0, 0.1) is 10.1 Å². The zero-order chi connectivity index (χ0) is 13.9. The van der Waals surface area contributed by atoms with Gasteiger partial charge in [0.25, 0.3) is 5.69 Å². The number of hydrogen-bond donors (Lipinski definition) is 3. The highest BCUT2D eigenvalue weighted by Gasteiger charge is 2.25. The lowest BCUT2D eigenvalue weighted by molar-refractivity contribution is -0.384. The molecule has 7 heteroatoms. The summed E-state index contributed by atoms with van der Waals surface area (Å²) in [4.78, 5) is 21.5. The molecule has 0 aliphatic carbocycles. The summed E-state index contributed by atoms with van der Waals surface area (Å²) in [6.07, 6.45) is 0. The fraction of sp³-hybridized carbons (Fsp3) is 0.364. The maximum atomic E-state index is 11.2. The molecule has 1 rings (SSSR count). The molecule has 0 saturated carbocycles. The average molecular weight is 252 g/mol. The van der Waals surface area contributed by atoms with E-state index in [1.165, 1.54) is 12.1 Å². The number of rotatable bonds is 5. The van der Waals surface area contributed by atoms with Crippen LogP contribution in [-0.2, 0) is 4.79 Å². The Morgan fingerprint density at radius 1 is 1.33 bits per heavy atom. The van der Waals surface area contributed by atoms with Crippen LogP contribution in [0.1, 0.15) is 13.8 Å². The van der Waals surface area contributed by atoms with Crippen LogP contribution in [0.2, 0.25) is 0 Å². The molecule has 98 valence electrons. The second-order valence-corrected chi connectivity index (χ2v) is 4.39. The summed E-state index contributed by atoms with van der Waals surface area (Å²) in [5.74, 6) is -0.542. The molecule has 4 N–H and O–H groups in total. The van der Waals surface area contributed by atoms with E-state index in [1.807, 2.05) is 0 Å². The summed E-state index contributed by atoms with van der Waals surface area (Å²) in [5.41, 5.74) is 5.22. The Morgan fingerprint density at radius 2 is 1.89 bits per heavy atom. The number of primary amides is 1. The summed E-state index contributed by atoms with van der Waals surface area (Å²) in [5, 5.41) is 16.5. The second-order valence-electron chi connectivity index (χ2n) is 4.39. The lowest BCUT2D eigenvalue weighted by atomic mass is 10.0. The van der Waals surface area contributed by atoms with Gasteiger partial charge in [0, 0.05) is 30.6 Å². The van der Waals surface area contributed by atoms with E-state index >= 15 is 0 Å². The number of nitrogens with zero attached hydrogens (tertiary/aromatic N) is 1. The lowest BCUT2D eigenvalue weighted by Crippen LogP contribution is -2.45. The van der Waals surface area contributed by atoms with E-state index in [2.05, 4.69) is 10.6 Å². The maximum absolute atomic E-state index is 11.2. The molecule has 0 aliphatic heterocycles. The van der Waals surface area contributed by atoms with Crippen molar-refractivity contribution in [3.63, 3.8) is 0 Å². The minimum atomic E-state index is -0.986. The van der Waals surface area contributed by atoms with Crippen molar-refractivity contribution in [1.82, 2.24) is 0 Å². The van der Waals surface area contributed by atoms with Gasteiger partial charge in [0.1, 0.15) is 5.54 Å². The topological polar surface area (TPSA) is 110 Å². The first-order chi connectivity index (χ1) is 8.26. The van der Waals surface area contributed by atoms with Crippen LogP contribution in [0.5, 0.6) is 0 Å². The molecule has 0 heterocycles. The first-order valence-corrected chi connectivity index (χ1v) is 5.31. The smallest absolute Gasteiger partial charge is 0.273 e. The van der Waals surface area contributed by atoms with Gasteiger partial charge in [-0.3, -0.25) is 14.9 Å². The van der Waals surface area contributed by atoms with Gasteiger partial charge in [-0.1, -0.05) is 0 Å². The highest BCUT2D eigenvalue weighted by Crippen LogP contribution is 2.26. The van der Waals surface area contributed by atoms with Crippen LogP contribution in [0.15, 0.2) is 18.2 Å². The minimum absolute atomic E-state index is 0.0652. The first kappa shape index (κ1) is 13.8. The number of nitro benzene ring substituents is 1. The highest BCUT2D eigenvalue weighted by molar-refractivity contribution is 5.87. The Morgan fingerprint density at radius 3 is 2.33 bits per heavy atom. The van der Waals surface area contributed by atoms with Crippen LogP contribution in [-0.4, -0.2) is 23.4 Å². The van der Waals surface area contributed by atoms with Gasteiger partial charge in [0.05, 0.1) is 4.92 Å². The summed E-state index contributed by atoms with van der Waals surface area (Å²) in [7, 11) is 1.65. The summed E-state index contributed by atoms with van der Waals surface area (Å²) in [6, 6.07) is 4.42. The van der Waals surface area contributed by atoms with Crippen LogP contribution in [0.3, 0.4) is 0 Å². The molecule has 7 nitrogen and oxygen atoms in total. The summed E-state index contributed by atoms with van der Waals surface area (Å²) < 4.78 is 0. The van der Waals surface area contributed by atoms with E-state index in [-0.39, 0.29) is 5.69 Å². The molecular weight excluding hydrogens is 236 g/mol. The molecule has 0 bridgehead atoms. The molecule has 0 unspecified atom stereocenters. The van der Waals surface area contributed by atoms with Crippen molar-refractivity contribution in [2.45, 2.75) is 19.4 Å². The third-order valence-corrected chi connectivity index (χ3v) is 2.49. The van der Waals surface area contributed by atoms with Gasteiger partial charge in [0.2, 0.25) is 5.91 Å². The highest BCUT2D eigenvalue weighted by atomic mass is 16.6. The van der Waals surface area contributed by atoms with Crippen LogP contribution >= 0.6 is 0 Å². The zero-order valence-electron chi connectivity index (χ0n) is 10.5. The molecule has 0 aliphatic rings. The predicted octanol–water partition coefficient (Wildman–Crippen LogP) is 1.31. The third kappa shape index (κ3) is 3.09. The maximum Gasteiger partial charge on any atom is 0.273 e. The van der Waals surface area contributed by atoms with Crippen LogP contribution < -0.4 is 16.4 Å². The zero-order valence-corrected chi connectivity index (χ0v) is 10.5. The van der Waals surface area contributed by atoms with Gasteiger partial charge < -0.3 is 16.4 Å². The van der Waals surface area contributed by atoms with E-state index in [9.17, 15) is 14.9 Å². The fourth-order valence-electron chi connectivity index (χ4n) is 1.36. The number of hydrogen-bond acceptors (Lipinski definition) is 5. The van der Waals surface area contributed by atoms with E-state index in [0.717, 1.165) is 0 Å². The minimum Gasteiger partial charge on any atom is -0.388 e. The third-order valence-electron chi connectivity index (χ3n) is 2.49.